The molecule has 27 heavy (non-hydrogen) atoms. The Kier molecular flexibility index (Phi) is 8.29. The fourth-order valence-corrected chi connectivity index (χ4v) is 3.88. The van der Waals surface area contributed by atoms with Crippen LogP contribution in [-0.2, 0) is 11.3 Å². The van der Waals surface area contributed by atoms with E-state index in [4.69, 9.17) is 5.73 Å². The Hall–Kier alpha value is -1.88. The maximum absolute atomic E-state index is 12.8. The van der Waals surface area contributed by atoms with Gasteiger partial charge in [-0.05, 0) is 30.5 Å². The van der Waals surface area contributed by atoms with Crippen molar-refractivity contribution in [1.82, 2.24) is 9.80 Å². The summed E-state index contributed by atoms with van der Waals surface area (Å²) >= 11 is 0. The minimum Gasteiger partial charge on any atom is -0.338 e. The van der Waals surface area contributed by atoms with Crippen molar-refractivity contribution in [1.29, 1.82) is 0 Å². The van der Waals surface area contributed by atoms with E-state index in [0.29, 0.717) is 31.5 Å². The molecule has 1 aliphatic heterocycles. The average molecular weight is 388 g/mol. The molecule has 3 rings (SSSR count). The van der Waals surface area contributed by atoms with Gasteiger partial charge >= 0.3 is 0 Å². The third kappa shape index (κ3) is 5.55. The van der Waals surface area contributed by atoms with Gasteiger partial charge in [0.25, 0.3) is 0 Å². The van der Waals surface area contributed by atoms with Crippen LogP contribution in [0.1, 0.15) is 24.0 Å². The van der Waals surface area contributed by atoms with E-state index < -0.39 is 0 Å². The van der Waals surface area contributed by atoms with E-state index in [1.54, 1.807) is 0 Å². The molecule has 146 valence electrons. The molecule has 0 aromatic heterocycles. The van der Waals surface area contributed by atoms with Gasteiger partial charge in [0.1, 0.15) is 0 Å². The van der Waals surface area contributed by atoms with Crippen LogP contribution >= 0.6 is 12.4 Å². The third-order valence-corrected chi connectivity index (χ3v) is 5.36. The van der Waals surface area contributed by atoms with Gasteiger partial charge in [0.2, 0.25) is 5.91 Å². The summed E-state index contributed by atoms with van der Waals surface area (Å²) < 4.78 is 0. The van der Waals surface area contributed by atoms with E-state index in [9.17, 15) is 4.79 Å². The molecule has 4 nitrogen and oxygen atoms in total. The van der Waals surface area contributed by atoms with Gasteiger partial charge in [0, 0.05) is 32.1 Å². The van der Waals surface area contributed by atoms with E-state index >= 15 is 0 Å². The van der Waals surface area contributed by atoms with Crippen molar-refractivity contribution < 1.29 is 4.79 Å². The number of hydrogen-bond donors (Lipinski definition) is 1. The van der Waals surface area contributed by atoms with Crippen LogP contribution in [0.3, 0.4) is 0 Å². The second-order valence-electron chi connectivity index (χ2n) is 7.10. The zero-order chi connectivity index (χ0) is 18.4. The molecule has 0 aliphatic carbocycles. The number of rotatable bonds is 7. The molecule has 2 N–H and O–H groups in total. The van der Waals surface area contributed by atoms with Crippen LogP contribution in [0.4, 0.5) is 0 Å². The van der Waals surface area contributed by atoms with Gasteiger partial charge in [-0.3, -0.25) is 9.69 Å². The van der Waals surface area contributed by atoms with Crippen LogP contribution in [0.15, 0.2) is 60.7 Å². The lowest BCUT2D eigenvalue weighted by molar-refractivity contribution is -0.132. The number of likely N-dealkylation sites (tertiary alicyclic amines) is 1. The van der Waals surface area contributed by atoms with Crippen molar-refractivity contribution in [2.45, 2.75) is 19.4 Å². The zero-order valence-corrected chi connectivity index (χ0v) is 16.8. The Morgan fingerprint density at radius 3 is 2.30 bits per heavy atom. The quantitative estimate of drug-likeness (QED) is 0.794. The van der Waals surface area contributed by atoms with Gasteiger partial charge in [-0.25, -0.2) is 0 Å². The molecule has 5 heteroatoms. The van der Waals surface area contributed by atoms with E-state index in [1.807, 2.05) is 36.1 Å². The Morgan fingerprint density at radius 1 is 1.07 bits per heavy atom. The van der Waals surface area contributed by atoms with E-state index in [0.717, 1.165) is 19.6 Å². The first kappa shape index (κ1) is 21.4. The first-order valence-corrected chi connectivity index (χ1v) is 9.50. The molecule has 0 saturated carbocycles. The van der Waals surface area contributed by atoms with Gasteiger partial charge < -0.3 is 10.6 Å². The van der Waals surface area contributed by atoms with Gasteiger partial charge in [-0.1, -0.05) is 60.7 Å². The molecule has 1 saturated heterocycles. The van der Waals surface area contributed by atoms with Crippen molar-refractivity contribution in [2.75, 3.05) is 32.7 Å². The Morgan fingerprint density at radius 2 is 1.70 bits per heavy atom. The fraction of sp³-hybridized carbons (Fsp3) is 0.409. The van der Waals surface area contributed by atoms with E-state index in [-0.39, 0.29) is 18.3 Å². The molecule has 1 amide bonds. The lowest BCUT2D eigenvalue weighted by Gasteiger charge is -2.24. The van der Waals surface area contributed by atoms with Crippen LogP contribution in [-0.4, -0.2) is 48.4 Å². The normalized spacial score (nSPS) is 19.5. The molecule has 1 heterocycles. The predicted molar refractivity (Wildman–Crippen MR) is 113 cm³/mol. The van der Waals surface area contributed by atoms with Crippen molar-refractivity contribution in [2.24, 2.45) is 11.7 Å². The standard InChI is InChI=1S/C22H29N3O.ClH/c1-2-25(14-18-9-5-3-6-10-18)22(26)17-24-15-20(13-23)21(16-24)19-11-7-4-8-12-19;/h3-12,20-21H,2,13-17,23H2,1H3;1H/t20-,21+;/m1./s1. The predicted octanol–water partition coefficient (Wildman–Crippen LogP) is 3.13. The Balaban J connectivity index is 0.00000261. The smallest absolute Gasteiger partial charge is 0.237 e. The monoisotopic (exact) mass is 387 g/mol. The van der Waals surface area contributed by atoms with Crippen molar-refractivity contribution in [3.63, 3.8) is 0 Å². The van der Waals surface area contributed by atoms with E-state index in [1.165, 1.54) is 11.1 Å². The summed E-state index contributed by atoms with van der Waals surface area (Å²) in [6, 6.07) is 20.7. The molecule has 2 atom stereocenters. The first-order valence-electron chi connectivity index (χ1n) is 9.50. The van der Waals surface area contributed by atoms with Gasteiger partial charge in [0.15, 0.2) is 0 Å². The van der Waals surface area contributed by atoms with Gasteiger partial charge in [0.05, 0.1) is 6.54 Å². The largest absolute Gasteiger partial charge is 0.338 e. The fourth-order valence-electron chi connectivity index (χ4n) is 3.88. The second kappa shape index (κ2) is 10.5. The molecule has 1 aliphatic rings. The molecule has 0 spiro atoms. The molecule has 0 radical (unpaired) electrons. The van der Waals surface area contributed by atoms with Gasteiger partial charge in [-0.15, -0.1) is 12.4 Å². The van der Waals surface area contributed by atoms with Crippen LogP contribution in [0.5, 0.6) is 0 Å². The number of halogens is 1. The van der Waals surface area contributed by atoms with Gasteiger partial charge in [-0.2, -0.15) is 0 Å². The second-order valence-corrected chi connectivity index (χ2v) is 7.10. The highest BCUT2D eigenvalue weighted by Crippen LogP contribution is 2.31. The maximum atomic E-state index is 12.8. The van der Waals surface area contributed by atoms with Crippen molar-refractivity contribution in [3.8, 4) is 0 Å². The minimum absolute atomic E-state index is 0. The number of amides is 1. The van der Waals surface area contributed by atoms with Crippen LogP contribution < -0.4 is 5.73 Å². The Bertz CT molecular complexity index is 695. The number of likely N-dealkylation sites (N-methyl/N-ethyl adjacent to an activating group) is 1. The summed E-state index contributed by atoms with van der Waals surface area (Å²) in [6.07, 6.45) is 0. The zero-order valence-electron chi connectivity index (χ0n) is 16.0. The molecule has 0 bridgehead atoms. The summed E-state index contributed by atoms with van der Waals surface area (Å²) in [5, 5.41) is 0. The van der Waals surface area contributed by atoms with E-state index in [2.05, 4.69) is 41.3 Å². The molecular weight excluding hydrogens is 358 g/mol. The number of nitrogens with zero attached hydrogens (tertiary/aromatic N) is 2. The lowest BCUT2D eigenvalue weighted by atomic mass is 9.89. The first-order chi connectivity index (χ1) is 12.7. The van der Waals surface area contributed by atoms with Crippen molar-refractivity contribution >= 4 is 18.3 Å². The van der Waals surface area contributed by atoms with Crippen molar-refractivity contribution in [3.05, 3.63) is 71.8 Å². The van der Waals surface area contributed by atoms with Crippen LogP contribution in [0.25, 0.3) is 0 Å². The highest BCUT2D eigenvalue weighted by Gasteiger charge is 2.34. The Labute approximate surface area is 168 Å². The SMILES string of the molecule is CCN(Cc1ccccc1)C(=O)CN1C[C@@H](CN)[C@H](c2ccccc2)C1.Cl. The third-order valence-electron chi connectivity index (χ3n) is 5.36. The topological polar surface area (TPSA) is 49.6 Å². The summed E-state index contributed by atoms with van der Waals surface area (Å²) in [4.78, 5) is 17.0. The van der Waals surface area contributed by atoms with Crippen LogP contribution in [0, 0.1) is 5.92 Å². The maximum Gasteiger partial charge on any atom is 0.237 e. The summed E-state index contributed by atoms with van der Waals surface area (Å²) in [7, 11) is 0. The highest BCUT2D eigenvalue weighted by atomic mass is 35.5. The van der Waals surface area contributed by atoms with Crippen LogP contribution in [0.2, 0.25) is 0 Å². The lowest BCUT2D eigenvalue weighted by Crippen LogP contribution is -2.39. The number of hydrogen-bond acceptors (Lipinski definition) is 3. The average Bonchev–Trinajstić information content (AvgIpc) is 3.10. The molecule has 2 aromatic carbocycles. The summed E-state index contributed by atoms with van der Waals surface area (Å²) in [5.41, 5.74) is 8.52. The molecule has 2 aromatic rings. The summed E-state index contributed by atoms with van der Waals surface area (Å²) in [6.45, 7) is 6.37. The highest BCUT2D eigenvalue weighted by molar-refractivity contribution is 5.85. The molecule has 1 fully saturated rings. The number of carbonyl (C=O) groups is 1. The number of benzene rings is 2. The summed E-state index contributed by atoms with van der Waals surface area (Å²) in [5.74, 6) is 1.02. The number of nitrogens with two attached hydrogens (primary N) is 1. The minimum atomic E-state index is 0. The molecular formula is C22H30ClN3O. The number of carbonyl (C=O) groups excluding carboxylic acids is 1. The molecule has 0 unspecified atom stereocenters.